The fourth-order valence-electron chi connectivity index (χ4n) is 2.22. The molecule has 1 aliphatic rings. The molecule has 0 amide bonds. The van der Waals surface area contributed by atoms with Gasteiger partial charge in [0.05, 0.1) is 21.3 Å². The molecule has 0 bridgehead atoms. The van der Waals surface area contributed by atoms with E-state index in [1.165, 1.54) is 11.1 Å². The molecule has 1 aromatic carbocycles. The number of aliphatic hydroxyl groups is 1. The molecule has 1 aromatic heterocycles. The first-order valence-electron chi connectivity index (χ1n) is 5.76. The van der Waals surface area contributed by atoms with Gasteiger partial charge in [0.2, 0.25) is 0 Å². The van der Waals surface area contributed by atoms with Crippen LogP contribution in [0.2, 0.25) is 0 Å². The average molecular weight is 233 g/mol. The molecule has 1 N–H and O–H groups in total. The molecule has 0 aliphatic heterocycles. The first-order valence-corrected chi connectivity index (χ1v) is 6.58. The van der Waals surface area contributed by atoms with E-state index in [4.69, 9.17) is 0 Å². The summed E-state index contributed by atoms with van der Waals surface area (Å²) in [6, 6.07) is 8.15. The molecule has 2 aromatic rings. The van der Waals surface area contributed by atoms with Crippen molar-refractivity contribution in [3.63, 3.8) is 0 Å². The Morgan fingerprint density at radius 1 is 1.50 bits per heavy atom. The topological polar surface area (TPSA) is 33.1 Å². The minimum atomic E-state index is -0.199. The second-order valence-corrected chi connectivity index (χ2v) is 5.84. The Labute approximate surface area is 99.0 Å². The molecule has 2 nitrogen and oxygen atoms in total. The number of aromatic nitrogens is 1. The number of benzene rings is 1. The highest BCUT2D eigenvalue weighted by Gasteiger charge is 2.38. The summed E-state index contributed by atoms with van der Waals surface area (Å²) in [5.74, 6) is 1.20. The van der Waals surface area contributed by atoms with E-state index in [0.29, 0.717) is 18.3 Å². The van der Waals surface area contributed by atoms with E-state index in [2.05, 4.69) is 18.0 Å². The Morgan fingerprint density at radius 3 is 2.94 bits per heavy atom. The number of para-hydroxylation sites is 1. The summed E-state index contributed by atoms with van der Waals surface area (Å²) in [5, 5.41) is 11.1. The summed E-state index contributed by atoms with van der Waals surface area (Å²) in [5.41, 5.74) is 1.05. The van der Waals surface area contributed by atoms with Crippen molar-refractivity contribution in [2.75, 3.05) is 0 Å². The van der Waals surface area contributed by atoms with E-state index in [1.54, 1.807) is 11.3 Å². The molecule has 1 aliphatic carbocycles. The Balaban J connectivity index is 1.79. The summed E-state index contributed by atoms with van der Waals surface area (Å²) in [6.07, 6.45) is 1.69. The number of nitrogens with zero attached hydrogens (tertiary/aromatic N) is 1. The molecule has 3 heteroatoms. The van der Waals surface area contributed by atoms with Crippen LogP contribution in [0.3, 0.4) is 0 Å². The third-order valence-electron chi connectivity index (χ3n) is 3.39. The van der Waals surface area contributed by atoms with Gasteiger partial charge in [-0.3, -0.25) is 0 Å². The van der Waals surface area contributed by atoms with Crippen molar-refractivity contribution in [2.45, 2.75) is 25.9 Å². The Bertz CT molecular complexity index is 474. The third-order valence-corrected chi connectivity index (χ3v) is 4.45. The van der Waals surface area contributed by atoms with Crippen molar-refractivity contribution in [3.8, 4) is 0 Å². The molecule has 16 heavy (non-hydrogen) atoms. The van der Waals surface area contributed by atoms with Crippen molar-refractivity contribution in [1.29, 1.82) is 0 Å². The van der Waals surface area contributed by atoms with Crippen molar-refractivity contribution < 1.29 is 5.11 Å². The van der Waals surface area contributed by atoms with Gasteiger partial charge in [0.25, 0.3) is 0 Å². The fraction of sp³-hybridized carbons (Fsp3) is 0.462. The lowest BCUT2D eigenvalue weighted by Gasteiger charge is -2.06. The van der Waals surface area contributed by atoms with Gasteiger partial charge in [0.15, 0.2) is 0 Å². The molecular weight excluding hydrogens is 218 g/mol. The van der Waals surface area contributed by atoms with Crippen molar-refractivity contribution in [2.24, 2.45) is 11.8 Å². The minimum Gasteiger partial charge on any atom is -0.392 e. The van der Waals surface area contributed by atoms with Crippen LogP contribution >= 0.6 is 11.3 Å². The van der Waals surface area contributed by atoms with Gasteiger partial charge in [-0.2, -0.15) is 0 Å². The van der Waals surface area contributed by atoms with E-state index in [0.717, 1.165) is 10.5 Å². The number of hydrogen-bond donors (Lipinski definition) is 1. The highest BCUT2D eigenvalue weighted by molar-refractivity contribution is 7.18. The zero-order chi connectivity index (χ0) is 11.1. The number of rotatable bonds is 3. The number of fused-ring (bicyclic) bond motifs is 1. The Morgan fingerprint density at radius 2 is 2.25 bits per heavy atom. The lowest BCUT2D eigenvalue weighted by atomic mass is 10.1. The maximum atomic E-state index is 10.0. The highest BCUT2D eigenvalue weighted by atomic mass is 32.1. The molecule has 3 unspecified atom stereocenters. The number of thiazole rings is 1. The molecule has 84 valence electrons. The fourth-order valence-corrected chi connectivity index (χ4v) is 3.24. The molecule has 3 rings (SSSR count). The average Bonchev–Trinajstić information content (AvgIpc) is 2.87. The summed E-state index contributed by atoms with van der Waals surface area (Å²) in [4.78, 5) is 4.55. The molecule has 3 atom stereocenters. The van der Waals surface area contributed by atoms with Crippen molar-refractivity contribution in [3.05, 3.63) is 29.3 Å². The van der Waals surface area contributed by atoms with Crippen LogP contribution in [0.1, 0.15) is 18.4 Å². The minimum absolute atomic E-state index is 0.199. The van der Waals surface area contributed by atoms with Crippen LogP contribution < -0.4 is 0 Å². The van der Waals surface area contributed by atoms with Crippen LogP contribution in [0.25, 0.3) is 10.2 Å². The van der Waals surface area contributed by atoms with E-state index >= 15 is 0 Å². The predicted octanol–water partition coefficient (Wildman–Crippen LogP) is 2.86. The van der Waals surface area contributed by atoms with E-state index in [1.807, 2.05) is 18.2 Å². The van der Waals surface area contributed by atoms with Gasteiger partial charge >= 0.3 is 0 Å². The third kappa shape index (κ3) is 1.85. The Kier molecular flexibility index (Phi) is 2.45. The van der Waals surface area contributed by atoms with Crippen LogP contribution in [-0.2, 0) is 6.42 Å². The standard InChI is InChI=1S/C13H15NOS/c1-8-6-9(8)11(15)7-13-14-10-4-2-3-5-12(10)16-13/h2-5,8-9,11,15H,6-7H2,1H3. The van der Waals surface area contributed by atoms with E-state index in [9.17, 15) is 5.11 Å². The molecule has 1 saturated carbocycles. The second kappa shape index (κ2) is 3.82. The predicted molar refractivity (Wildman–Crippen MR) is 66.6 cm³/mol. The van der Waals surface area contributed by atoms with Gasteiger partial charge in [-0.1, -0.05) is 19.1 Å². The number of hydrogen-bond acceptors (Lipinski definition) is 3. The normalized spacial score (nSPS) is 25.9. The highest BCUT2D eigenvalue weighted by Crippen LogP contribution is 2.41. The first-order chi connectivity index (χ1) is 7.74. The van der Waals surface area contributed by atoms with Gasteiger partial charge in [-0.25, -0.2) is 4.98 Å². The van der Waals surface area contributed by atoms with E-state index < -0.39 is 0 Å². The van der Waals surface area contributed by atoms with Crippen molar-refractivity contribution in [1.82, 2.24) is 4.98 Å². The maximum Gasteiger partial charge on any atom is 0.0964 e. The zero-order valence-corrected chi connectivity index (χ0v) is 10.1. The molecule has 0 spiro atoms. The zero-order valence-electron chi connectivity index (χ0n) is 9.26. The van der Waals surface area contributed by atoms with Gasteiger partial charge in [-0.05, 0) is 30.4 Å². The quantitative estimate of drug-likeness (QED) is 0.884. The maximum absolute atomic E-state index is 10.0. The summed E-state index contributed by atoms with van der Waals surface area (Å²) in [6.45, 7) is 2.20. The van der Waals surface area contributed by atoms with Crippen LogP contribution in [0.15, 0.2) is 24.3 Å². The monoisotopic (exact) mass is 233 g/mol. The molecular formula is C13H15NOS. The molecule has 0 saturated heterocycles. The summed E-state index contributed by atoms with van der Waals surface area (Å²) < 4.78 is 1.22. The van der Waals surface area contributed by atoms with Crippen LogP contribution in [0, 0.1) is 11.8 Å². The van der Waals surface area contributed by atoms with Gasteiger partial charge in [0.1, 0.15) is 0 Å². The van der Waals surface area contributed by atoms with Gasteiger partial charge in [-0.15, -0.1) is 11.3 Å². The molecule has 1 fully saturated rings. The number of aliphatic hydroxyl groups excluding tert-OH is 1. The smallest absolute Gasteiger partial charge is 0.0964 e. The second-order valence-electron chi connectivity index (χ2n) is 4.72. The van der Waals surface area contributed by atoms with Gasteiger partial charge in [0, 0.05) is 6.42 Å². The Hall–Kier alpha value is -0.930. The lowest BCUT2D eigenvalue weighted by molar-refractivity contribution is 0.146. The van der Waals surface area contributed by atoms with Crippen LogP contribution in [0.4, 0.5) is 0 Å². The molecule has 1 heterocycles. The first kappa shape index (κ1) is 10.2. The molecule has 0 radical (unpaired) electrons. The van der Waals surface area contributed by atoms with Crippen LogP contribution in [-0.4, -0.2) is 16.2 Å². The summed E-state index contributed by atoms with van der Waals surface area (Å²) in [7, 11) is 0. The van der Waals surface area contributed by atoms with Gasteiger partial charge < -0.3 is 5.11 Å². The SMILES string of the molecule is CC1CC1C(O)Cc1nc2ccccc2s1. The largest absolute Gasteiger partial charge is 0.392 e. The van der Waals surface area contributed by atoms with Crippen LogP contribution in [0.5, 0.6) is 0 Å². The van der Waals surface area contributed by atoms with Crippen molar-refractivity contribution >= 4 is 21.6 Å². The summed E-state index contributed by atoms with van der Waals surface area (Å²) >= 11 is 1.70. The lowest BCUT2D eigenvalue weighted by Crippen LogP contribution is -2.13. The van der Waals surface area contributed by atoms with E-state index in [-0.39, 0.29) is 6.10 Å².